The molecule has 1 heterocycles. The average molecular weight is 316 g/mol. The number of nitrogens with zero attached hydrogens (tertiary/aromatic N) is 2. The van der Waals surface area contributed by atoms with E-state index in [1.807, 2.05) is 0 Å². The second-order valence-electron chi connectivity index (χ2n) is 5.59. The van der Waals surface area contributed by atoms with Crippen molar-refractivity contribution in [1.82, 2.24) is 20.4 Å². The molecule has 0 bridgehead atoms. The quantitative estimate of drug-likeness (QED) is 0.803. The molecule has 0 saturated carbocycles. The van der Waals surface area contributed by atoms with Crippen molar-refractivity contribution in [3.05, 3.63) is 0 Å². The predicted molar refractivity (Wildman–Crippen MR) is 78.0 cm³/mol. The molecular weight excluding hydrogens is 292 g/mol. The summed E-state index contributed by atoms with van der Waals surface area (Å²) in [4.78, 5) is 38.1. The van der Waals surface area contributed by atoms with Gasteiger partial charge in [-0.15, -0.1) is 0 Å². The summed E-state index contributed by atoms with van der Waals surface area (Å²) in [7, 11) is 3.04. The van der Waals surface area contributed by atoms with Crippen LogP contribution in [0.2, 0.25) is 0 Å². The van der Waals surface area contributed by atoms with E-state index in [9.17, 15) is 14.4 Å². The summed E-state index contributed by atoms with van der Waals surface area (Å²) in [5.41, 5.74) is 0. The topological polar surface area (TPSA) is 100 Å². The van der Waals surface area contributed by atoms with Gasteiger partial charge >= 0.3 is 18.2 Å². The van der Waals surface area contributed by atoms with E-state index in [1.54, 1.807) is 27.7 Å². The molecule has 2 atom stereocenters. The first-order chi connectivity index (χ1) is 10.1. The van der Waals surface area contributed by atoms with Gasteiger partial charge in [0.1, 0.15) is 12.3 Å². The SMILES string of the molecule is CC(C)OC(=O)NC1C(NC(=O)OC(C)C)N(C)C(=O)N1C. The fraction of sp³-hybridized carbons (Fsp3) is 0.769. The van der Waals surface area contributed by atoms with Gasteiger partial charge in [0.25, 0.3) is 0 Å². The summed E-state index contributed by atoms with van der Waals surface area (Å²) in [6.45, 7) is 6.85. The van der Waals surface area contributed by atoms with E-state index in [4.69, 9.17) is 9.47 Å². The molecule has 4 amide bonds. The number of hydrogen-bond acceptors (Lipinski definition) is 5. The summed E-state index contributed by atoms with van der Waals surface area (Å²) in [5, 5.41) is 5.12. The maximum Gasteiger partial charge on any atom is 0.409 e. The van der Waals surface area contributed by atoms with Crippen molar-refractivity contribution in [1.29, 1.82) is 0 Å². The number of amides is 4. The first-order valence-corrected chi connectivity index (χ1v) is 7.07. The summed E-state index contributed by atoms with van der Waals surface area (Å²) in [5.74, 6) is 0. The third-order valence-corrected chi connectivity index (χ3v) is 2.95. The highest BCUT2D eigenvalue weighted by Crippen LogP contribution is 2.16. The third kappa shape index (κ3) is 4.40. The van der Waals surface area contributed by atoms with E-state index in [1.165, 1.54) is 23.9 Å². The fourth-order valence-electron chi connectivity index (χ4n) is 2.00. The van der Waals surface area contributed by atoms with Gasteiger partial charge < -0.3 is 19.3 Å². The van der Waals surface area contributed by atoms with Crippen molar-refractivity contribution < 1.29 is 23.9 Å². The first-order valence-electron chi connectivity index (χ1n) is 7.07. The highest BCUT2D eigenvalue weighted by Gasteiger charge is 2.44. The molecule has 0 aromatic carbocycles. The van der Waals surface area contributed by atoms with Gasteiger partial charge in [0.15, 0.2) is 0 Å². The van der Waals surface area contributed by atoms with Crippen molar-refractivity contribution in [3.63, 3.8) is 0 Å². The van der Waals surface area contributed by atoms with Crippen LogP contribution in [0.4, 0.5) is 14.4 Å². The van der Waals surface area contributed by atoms with Gasteiger partial charge in [-0.1, -0.05) is 0 Å². The molecule has 1 rings (SSSR count). The number of carbonyl (C=O) groups is 3. The minimum atomic E-state index is -0.761. The fourth-order valence-corrected chi connectivity index (χ4v) is 2.00. The van der Waals surface area contributed by atoms with Gasteiger partial charge in [0.2, 0.25) is 0 Å². The van der Waals surface area contributed by atoms with Crippen LogP contribution in [0.1, 0.15) is 27.7 Å². The number of hydrogen-bond donors (Lipinski definition) is 2. The zero-order chi connectivity index (χ0) is 17.0. The van der Waals surface area contributed by atoms with Crippen molar-refractivity contribution in [2.45, 2.75) is 52.2 Å². The largest absolute Gasteiger partial charge is 0.447 e. The van der Waals surface area contributed by atoms with Crippen LogP contribution in [-0.4, -0.2) is 66.7 Å². The van der Waals surface area contributed by atoms with Crippen LogP contribution in [-0.2, 0) is 9.47 Å². The molecule has 1 aliphatic rings. The second-order valence-corrected chi connectivity index (χ2v) is 5.59. The minimum absolute atomic E-state index is 0.294. The number of carbonyl (C=O) groups excluding carboxylic acids is 3. The minimum Gasteiger partial charge on any atom is -0.447 e. The lowest BCUT2D eigenvalue weighted by atomic mass is 10.3. The lowest BCUT2D eigenvalue weighted by molar-refractivity contribution is 0.0891. The van der Waals surface area contributed by atoms with E-state index in [2.05, 4.69) is 10.6 Å². The van der Waals surface area contributed by atoms with Gasteiger partial charge in [-0.2, -0.15) is 0 Å². The number of likely N-dealkylation sites (N-methyl/N-ethyl adjacent to an activating group) is 2. The molecule has 1 saturated heterocycles. The van der Waals surface area contributed by atoms with E-state index in [0.717, 1.165) is 0 Å². The van der Waals surface area contributed by atoms with Gasteiger partial charge in [-0.05, 0) is 27.7 Å². The normalized spacial score (nSPS) is 21.4. The lowest BCUT2D eigenvalue weighted by Gasteiger charge is -2.26. The Balaban J connectivity index is 2.79. The van der Waals surface area contributed by atoms with Crippen LogP contribution in [0.15, 0.2) is 0 Å². The number of rotatable bonds is 4. The number of urea groups is 1. The van der Waals surface area contributed by atoms with Gasteiger partial charge in [-0.3, -0.25) is 10.6 Å². The molecule has 1 fully saturated rings. The number of alkyl carbamates (subject to hydrolysis) is 2. The van der Waals surface area contributed by atoms with Gasteiger partial charge in [0.05, 0.1) is 12.2 Å². The number of ether oxygens (including phenoxy) is 2. The molecule has 0 aromatic rings. The Morgan fingerprint density at radius 3 is 1.50 bits per heavy atom. The van der Waals surface area contributed by atoms with Crippen LogP contribution < -0.4 is 10.6 Å². The molecule has 22 heavy (non-hydrogen) atoms. The summed E-state index contributed by atoms with van der Waals surface area (Å²) in [6, 6.07) is -0.343. The zero-order valence-electron chi connectivity index (χ0n) is 13.7. The second kappa shape index (κ2) is 7.19. The molecule has 0 aromatic heterocycles. The molecule has 0 aliphatic carbocycles. The van der Waals surface area contributed by atoms with E-state index in [-0.39, 0.29) is 18.2 Å². The summed E-state index contributed by atoms with van der Waals surface area (Å²) in [6.07, 6.45) is -3.44. The third-order valence-electron chi connectivity index (χ3n) is 2.95. The predicted octanol–water partition coefficient (Wildman–Crippen LogP) is 0.905. The van der Waals surface area contributed by atoms with Crippen LogP contribution in [0.25, 0.3) is 0 Å². The van der Waals surface area contributed by atoms with E-state index in [0.29, 0.717) is 0 Å². The van der Waals surface area contributed by atoms with Crippen molar-refractivity contribution in [2.24, 2.45) is 0 Å². The maximum atomic E-state index is 12.0. The molecule has 9 nitrogen and oxygen atoms in total. The molecule has 1 aliphatic heterocycles. The maximum absolute atomic E-state index is 12.0. The Morgan fingerprint density at radius 1 is 0.909 bits per heavy atom. The highest BCUT2D eigenvalue weighted by molar-refractivity contribution is 5.80. The standard InChI is InChI=1S/C13H24N4O5/c1-7(2)21-11(18)14-9-10(15-12(19)22-8(3)4)17(6)13(20)16(9)5/h7-10H,1-6H3,(H,14,18)(H,15,19). The molecule has 0 radical (unpaired) electrons. The summed E-state index contributed by atoms with van der Waals surface area (Å²) >= 11 is 0. The highest BCUT2D eigenvalue weighted by atomic mass is 16.6. The molecule has 2 N–H and O–H groups in total. The van der Waals surface area contributed by atoms with Crippen LogP contribution >= 0.6 is 0 Å². The smallest absolute Gasteiger partial charge is 0.409 e. The van der Waals surface area contributed by atoms with Crippen LogP contribution in [0.5, 0.6) is 0 Å². The first kappa shape index (κ1) is 17.9. The Bertz CT molecular complexity index is 402. The lowest BCUT2D eigenvalue weighted by Crippen LogP contribution is -2.57. The van der Waals surface area contributed by atoms with Crippen LogP contribution in [0, 0.1) is 0 Å². The van der Waals surface area contributed by atoms with Crippen molar-refractivity contribution in [3.8, 4) is 0 Å². The van der Waals surface area contributed by atoms with E-state index < -0.39 is 24.5 Å². The van der Waals surface area contributed by atoms with Crippen molar-refractivity contribution >= 4 is 18.2 Å². The van der Waals surface area contributed by atoms with Crippen LogP contribution in [0.3, 0.4) is 0 Å². The molecule has 9 heteroatoms. The Morgan fingerprint density at radius 2 is 1.23 bits per heavy atom. The molecular formula is C13H24N4O5. The number of nitrogens with one attached hydrogen (secondary N) is 2. The van der Waals surface area contributed by atoms with Gasteiger partial charge in [0, 0.05) is 14.1 Å². The van der Waals surface area contributed by atoms with Gasteiger partial charge in [-0.25, -0.2) is 14.4 Å². The van der Waals surface area contributed by atoms with Crippen molar-refractivity contribution in [2.75, 3.05) is 14.1 Å². The Labute approximate surface area is 129 Å². The van der Waals surface area contributed by atoms with E-state index >= 15 is 0 Å². The average Bonchev–Trinajstić information content (AvgIpc) is 2.54. The Kier molecular flexibility index (Phi) is 5.84. The monoisotopic (exact) mass is 316 g/mol. The summed E-state index contributed by atoms with van der Waals surface area (Å²) < 4.78 is 10.00. The molecule has 2 unspecified atom stereocenters. The molecule has 0 spiro atoms. The molecule has 126 valence electrons. The zero-order valence-corrected chi connectivity index (χ0v) is 13.7. The Hall–Kier alpha value is -2.19.